The van der Waals surface area contributed by atoms with Crippen LogP contribution < -0.4 is 0 Å². The molecule has 1 aromatic rings. The molecule has 0 N–H and O–H groups in total. The SMILES string of the molecule is Cc1nn(C)c(C)c1C(=O)CC1CC2CCC1C2. The van der Waals surface area contributed by atoms with Crippen molar-refractivity contribution in [3.05, 3.63) is 17.0 Å². The van der Waals surface area contributed by atoms with E-state index in [4.69, 9.17) is 0 Å². The van der Waals surface area contributed by atoms with Gasteiger partial charge in [-0.15, -0.1) is 0 Å². The van der Waals surface area contributed by atoms with E-state index >= 15 is 0 Å². The molecule has 2 saturated carbocycles. The van der Waals surface area contributed by atoms with E-state index in [0.29, 0.717) is 11.7 Å². The summed E-state index contributed by atoms with van der Waals surface area (Å²) < 4.78 is 1.82. The maximum absolute atomic E-state index is 12.5. The minimum Gasteiger partial charge on any atom is -0.294 e. The highest BCUT2D eigenvalue weighted by Gasteiger charge is 2.40. The number of aromatic nitrogens is 2. The van der Waals surface area contributed by atoms with Crippen LogP contribution in [0.1, 0.15) is 53.8 Å². The van der Waals surface area contributed by atoms with Gasteiger partial charge in [-0.2, -0.15) is 5.10 Å². The third-order valence-corrected chi connectivity index (χ3v) is 5.12. The first kappa shape index (κ1) is 11.9. The molecule has 3 heteroatoms. The van der Waals surface area contributed by atoms with Crippen molar-refractivity contribution in [3.63, 3.8) is 0 Å². The Bertz CT molecular complexity index is 489. The van der Waals surface area contributed by atoms with E-state index in [9.17, 15) is 4.79 Å². The monoisotopic (exact) mass is 246 g/mol. The van der Waals surface area contributed by atoms with Crippen molar-refractivity contribution in [1.29, 1.82) is 0 Å². The van der Waals surface area contributed by atoms with E-state index in [-0.39, 0.29) is 0 Å². The van der Waals surface area contributed by atoms with Crippen LogP contribution in [-0.4, -0.2) is 15.6 Å². The molecule has 1 aromatic heterocycles. The zero-order chi connectivity index (χ0) is 12.9. The lowest BCUT2D eigenvalue weighted by atomic mass is 9.84. The van der Waals surface area contributed by atoms with E-state index in [1.54, 1.807) is 0 Å². The molecule has 0 aliphatic heterocycles. The Balaban J connectivity index is 1.75. The number of fused-ring (bicyclic) bond motifs is 2. The Labute approximate surface area is 109 Å². The highest BCUT2D eigenvalue weighted by Crippen LogP contribution is 2.49. The van der Waals surface area contributed by atoms with Gasteiger partial charge in [0.25, 0.3) is 0 Å². The number of ketones is 1. The molecule has 0 aromatic carbocycles. The van der Waals surface area contributed by atoms with Crippen molar-refractivity contribution in [2.45, 2.75) is 46.0 Å². The number of rotatable bonds is 3. The first-order valence-electron chi connectivity index (χ1n) is 7.09. The largest absolute Gasteiger partial charge is 0.294 e. The van der Waals surface area contributed by atoms with Crippen LogP contribution in [0.5, 0.6) is 0 Å². The van der Waals surface area contributed by atoms with Crippen LogP contribution in [0, 0.1) is 31.6 Å². The number of hydrogen-bond acceptors (Lipinski definition) is 2. The second kappa shape index (κ2) is 4.22. The molecule has 3 rings (SSSR count). The van der Waals surface area contributed by atoms with Crippen LogP contribution in [0.15, 0.2) is 0 Å². The molecule has 3 atom stereocenters. The molecule has 98 valence electrons. The lowest BCUT2D eigenvalue weighted by molar-refractivity contribution is 0.0943. The summed E-state index contributed by atoms with van der Waals surface area (Å²) in [6, 6.07) is 0. The van der Waals surface area contributed by atoms with Crippen molar-refractivity contribution in [1.82, 2.24) is 9.78 Å². The lowest BCUT2D eigenvalue weighted by Gasteiger charge is -2.20. The van der Waals surface area contributed by atoms with Crippen molar-refractivity contribution < 1.29 is 4.79 Å². The molecule has 18 heavy (non-hydrogen) atoms. The van der Waals surface area contributed by atoms with Gasteiger partial charge in [0.05, 0.1) is 11.3 Å². The zero-order valence-corrected chi connectivity index (χ0v) is 11.6. The summed E-state index contributed by atoms with van der Waals surface area (Å²) in [6.45, 7) is 3.94. The average molecular weight is 246 g/mol. The highest BCUT2D eigenvalue weighted by molar-refractivity contribution is 5.98. The van der Waals surface area contributed by atoms with E-state index in [1.165, 1.54) is 25.7 Å². The highest BCUT2D eigenvalue weighted by atomic mass is 16.1. The van der Waals surface area contributed by atoms with Crippen molar-refractivity contribution in [2.24, 2.45) is 24.8 Å². The zero-order valence-electron chi connectivity index (χ0n) is 11.6. The van der Waals surface area contributed by atoms with Crippen LogP contribution in [0.2, 0.25) is 0 Å². The Morgan fingerprint density at radius 2 is 2.11 bits per heavy atom. The maximum Gasteiger partial charge on any atom is 0.166 e. The molecule has 0 saturated heterocycles. The molecular weight excluding hydrogens is 224 g/mol. The quantitative estimate of drug-likeness (QED) is 0.768. The first-order chi connectivity index (χ1) is 8.56. The number of nitrogens with zero attached hydrogens (tertiary/aromatic N) is 2. The Kier molecular flexibility index (Phi) is 2.80. The normalized spacial score (nSPS) is 30.1. The van der Waals surface area contributed by atoms with E-state index in [0.717, 1.165) is 35.2 Å². The van der Waals surface area contributed by atoms with Crippen molar-refractivity contribution in [3.8, 4) is 0 Å². The van der Waals surface area contributed by atoms with Gasteiger partial charge in [-0.1, -0.05) is 6.42 Å². The Morgan fingerprint density at radius 3 is 2.61 bits per heavy atom. The van der Waals surface area contributed by atoms with E-state index in [2.05, 4.69) is 5.10 Å². The summed E-state index contributed by atoms with van der Waals surface area (Å²) in [7, 11) is 1.91. The maximum atomic E-state index is 12.5. The van der Waals surface area contributed by atoms with Gasteiger partial charge in [0.2, 0.25) is 0 Å². The van der Waals surface area contributed by atoms with Crippen molar-refractivity contribution >= 4 is 5.78 Å². The number of Topliss-reactive ketones (excluding diaryl/α,β-unsaturated/α-hetero) is 1. The summed E-state index contributed by atoms with van der Waals surface area (Å²) in [5.41, 5.74) is 2.78. The molecule has 2 aliphatic rings. The molecule has 0 radical (unpaired) electrons. The van der Waals surface area contributed by atoms with Crippen molar-refractivity contribution in [2.75, 3.05) is 0 Å². The Morgan fingerprint density at radius 1 is 1.33 bits per heavy atom. The van der Waals surface area contributed by atoms with Gasteiger partial charge < -0.3 is 0 Å². The van der Waals surface area contributed by atoms with Gasteiger partial charge in [-0.05, 0) is 50.9 Å². The van der Waals surface area contributed by atoms with Crippen LogP contribution in [0.4, 0.5) is 0 Å². The molecule has 2 bridgehead atoms. The molecule has 3 unspecified atom stereocenters. The molecule has 1 heterocycles. The van der Waals surface area contributed by atoms with E-state index < -0.39 is 0 Å². The Hall–Kier alpha value is -1.12. The number of aryl methyl sites for hydroxylation is 2. The van der Waals surface area contributed by atoms with Gasteiger partial charge in [0.15, 0.2) is 5.78 Å². The third kappa shape index (κ3) is 1.80. The standard InChI is InChI=1S/C15H22N2O/c1-9-15(10(2)17(3)16-9)14(18)8-13-7-11-4-5-12(13)6-11/h11-13H,4-8H2,1-3H3. The van der Waals surface area contributed by atoms with Crippen LogP contribution in [0.3, 0.4) is 0 Å². The lowest BCUT2D eigenvalue weighted by Crippen LogP contribution is -2.16. The summed E-state index contributed by atoms with van der Waals surface area (Å²) in [5, 5.41) is 4.35. The number of carbonyl (C=O) groups excluding carboxylic acids is 1. The molecule has 2 fully saturated rings. The van der Waals surface area contributed by atoms with Gasteiger partial charge >= 0.3 is 0 Å². The van der Waals surface area contributed by atoms with Gasteiger partial charge in [-0.25, -0.2) is 0 Å². The number of hydrogen-bond donors (Lipinski definition) is 0. The van der Waals surface area contributed by atoms with Crippen LogP contribution in [-0.2, 0) is 7.05 Å². The molecular formula is C15H22N2O. The predicted molar refractivity (Wildman–Crippen MR) is 70.6 cm³/mol. The second-order valence-corrected chi connectivity index (χ2v) is 6.23. The minimum absolute atomic E-state index is 0.315. The van der Waals surface area contributed by atoms with Gasteiger partial charge in [0, 0.05) is 19.2 Å². The smallest absolute Gasteiger partial charge is 0.166 e. The third-order valence-electron chi connectivity index (χ3n) is 5.12. The average Bonchev–Trinajstić information content (AvgIpc) is 2.95. The fourth-order valence-electron chi connectivity index (χ4n) is 4.14. The molecule has 0 spiro atoms. The fourth-order valence-corrected chi connectivity index (χ4v) is 4.14. The van der Waals surface area contributed by atoms with Gasteiger partial charge in [-0.3, -0.25) is 9.48 Å². The first-order valence-corrected chi connectivity index (χ1v) is 7.09. The van der Waals surface area contributed by atoms with Gasteiger partial charge in [0.1, 0.15) is 0 Å². The topological polar surface area (TPSA) is 34.9 Å². The summed E-state index contributed by atoms with van der Waals surface area (Å²) in [4.78, 5) is 12.5. The minimum atomic E-state index is 0.315. The van der Waals surface area contributed by atoms with Crippen LogP contribution in [0.25, 0.3) is 0 Å². The summed E-state index contributed by atoms with van der Waals surface area (Å²) in [6.07, 6.45) is 6.17. The predicted octanol–water partition coefficient (Wildman–Crippen LogP) is 3.05. The summed E-state index contributed by atoms with van der Waals surface area (Å²) in [5.74, 6) is 2.71. The summed E-state index contributed by atoms with van der Waals surface area (Å²) >= 11 is 0. The number of carbonyl (C=O) groups is 1. The second-order valence-electron chi connectivity index (χ2n) is 6.23. The van der Waals surface area contributed by atoms with E-state index in [1.807, 2.05) is 25.6 Å². The van der Waals surface area contributed by atoms with Crippen LogP contribution >= 0.6 is 0 Å². The molecule has 3 nitrogen and oxygen atoms in total. The fraction of sp³-hybridized carbons (Fsp3) is 0.733. The molecule has 2 aliphatic carbocycles. The molecule has 0 amide bonds.